The van der Waals surface area contributed by atoms with Crippen molar-refractivity contribution >= 4 is 54.5 Å². The summed E-state index contributed by atoms with van der Waals surface area (Å²) in [4.78, 5) is 33.9. The van der Waals surface area contributed by atoms with E-state index in [1.165, 1.54) is 18.2 Å². The SMILES string of the molecule is CC(C)(S)C(=O)NC(CS)C(=O)O.O=C(OCCOCCO)c1ccccc1Nc1cccc(C(F)(F)F)c1. The Kier molecular flexibility index (Phi) is 14.2. The number of halogens is 3. The van der Waals surface area contributed by atoms with E-state index in [1.54, 1.807) is 32.0 Å². The summed E-state index contributed by atoms with van der Waals surface area (Å²) in [7, 11) is 0. The van der Waals surface area contributed by atoms with Crippen LogP contribution in [0.15, 0.2) is 48.5 Å². The molecule has 1 atom stereocenters. The first kappa shape index (κ1) is 34.1. The highest BCUT2D eigenvalue weighted by Crippen LogP contribution is 2.32. The number of amides is 1. The van der Waals surface area contributed by atoms with Gasteiger partial charge in [0.05, 0.1) is 41.4 Å². The Labute approximate surface area is 234 Å². The Morgan fingerprint density at radius 1 is 1.03 bits per heavy atom. The van der Waals surface area contributed by atoms with Crippen LogP contribution in [0.5, 0.6) is 0 Å². The minimum atomic E-state index is -4.45. The lowest BCUT2D eigenvalue weighted by molar-refractivity contribution is -0.141. The molecule has 2 rings (SSSR count). The number of carbonyl (C=O) groups is 3. The van der Waals surface area contributed by atoms with Crippen molar-refractivity contribution < 1.29 is 47.2 Å². The van der Waals surface area contributed by atoms with Crippen molar-refractivity contribution in [3.63, 3.8) is 0 Å². The molecule has 1 amide bonds. The summed E-state index contributed by atoms with van der Waals surface area (Å²) < 4.78 is 47.6. The number of benzene rings is 2. The van der Waals surface area contributed by atoms with Crippen molar-refractivity contribution in [2.24, 2.45) is 0 Å². The van der Waals surface area contributed by atoms with Crippen molar-refractivity contribution in [1.29, 1.82) is 0 Å². The Bertz CT molecular complexity index is 1100. The standard InChI is InChI=1S/C18H18F3NO4.C7H13NO3S2/c19-18(20,21)13-4-3-5-14(12-13)22-16-7-2-1-6-15(16)17(24)26-11-10-25-9-8-23;1-7(2,13)6(11)8-4(3-12)5(9)10/h1-7,12,22-23H,8-11H2;4,12-13H,3H2,1-2H3,(H,8,11)(H,9,10). The zero-order valence-corrected chi connectivity index (χ0v) is 23.0. The number of rotatable bonds is 12. The van der Waals surface area contributed by atoms with Crippen molar-refractivity contribution in [3.8, 4) is 0 Å². The lowest BCUT2D eigenvalue weighted by Gasteiger charge is -2.19. The van der Waals surface area contributed by atoms with E-state index < -0.39 is 40.4 Å². The van der Waals surface area contributed by atoms with Gasteiger partial charge in [0, 0.05) is 11.4 Å². The number of nitrogens with one attached hydrogen (secondary N) is 2. The molecular weight excluding hydrogens is 561 g/mol. The van der Waals surface area contributed by atoms with Crippen molar-refractivity contribution in [3.05, 3.63) is 59.7 Å². The second-order valence-corrected chi connectivity index (χ2v) is 9.81. The van der Waals surface area contributed by atoms with Crippen LogP contribution in [-0.4, -0.2) is 71.0 Å². The monoisotopic (exact) mass is 592 g/mol. The van der Waals surface area contributed by atoms with Gasteiger partial charge in [-0.3, -0.25) is 4.79 Å². The van der Waals surface area contributed by atoms with Crippen LogP contribution in [0, 0.1) is 0 Å². The third-order valence-corrected chi connectivity index (χ3v) is 5.22. The van der Waals surface area contributed by atoms with Crippen LogP contribution in [0.3, 0.4) is 0 Å². The highest BCUT2D eigenvalue weighted by atomic mass is 32.1. The number of aliphatic carboxylic acids is 1. The first-order valence-electron chi connectivity index (χ1n) is 11.5. The van der Waals surface area contributed by atoms with Gasteiger partial charge in [0.15, 0.2) is 0 Å². The molecule has 0 radical (unpaired) electrons. The van der Waals surface area contributed by atoms with E-state index in [4.69, 9.17) is 19.7 Å². The third kappa shape index (κ3) is 12.6. The molecule has 0 bridgehead atoms. The average molecular weight is 593 g/mol. The van der Waals surface area contributed by atoms with Gasteiger partial charge in [-0.15, -0.1) is 0 Å². The van der Waals surface area contributed by atoms with E-state index in [9.17, 15) is 27.6 Å². The molecule has 2 aromatic carbocycles. The molecule has 0 fully saturated rings. The van der Waals surface area contributed by atoms with Gasteiger partial charge in [0.2, 0.25) is 5.91 Å². The van der Waals surface area contributed by atoms with Crippen LogP contribution < -0.4 is 10.6 Å². The Morgan fingerprint density at radius 2 is 1.69 bits per heavy atom. The van der Waals surface area contributed by atoms with Gasteiger partial charge < -0.3 is 30.3 Å². The Balaban J connectivity index is 0.000000495. The van der Waals surface area contributed by atoms with Gasteiger partial charge in [0.1, 0.15) is 12.6 Å². The first-order chi connectivity index (χ1) is 18.2. The molecular formula is C25H31F3N2O7S2. The minimum absolute atomic E-state index is 0.00325. The maximum Gasteiger partial charge on any atom is 0.416 e. The second-order valence-electron chi connectivity index (χ2n) is 8.33. The molecule has 14 heteroatoms. The van der Waals surface area contributed by atoms with Crippen molar-refractivity contribution in [2.45, 2.75) is 30.8 Å². The fourth-order valence-corrected chi connectivity index (χ4v) is 2.97. The number of anilines is 2. The van der Waals surface area contributed by atoms with Gasteiger partial charge in [-0.1, -0.05) is 18.2 Å². The zero-order chi connectivity index (χ0) is 29.6. The first-order valence-corrected chi connectivity index (χ1v) is 12.5. The molecule has 0 heterocycles. The molecule has 9 nitrogen and oxygen atoms in total. The summed E-state index contributed by atoms with van der Waals surface area (Å²) in [5, 5.41) is 22.3. The summed E-state index contributed by atoms with van der Waals surface area (Å²) >= 11 is 7.81. The largest absolute Gasteiger partial charge is 0.480 e. The molecule has 1 unspecified atom stereocenters. The maximum absolute atomic E-state index is 12.8. The highest BCUT2D eigenvalue weighted by Gasteiger charge is 2.30. The molecule has 39 heavy (non-hydrogen) atoms. The van der Waals surface area contributed by atoms with E-state index in [0.29, 0.717) is 5.69 Å². The molecule has 0 aliphatic heterocycles. The molecule has 0 aromatic heterocycles. The number of thiol groups is 2. The van der Waals surface area contributed by atoms with E-state index in [2.05, 4.69) is 35.9 Å². The van der Waals surface area contributed by atoms with Gasteiger partial charge in [0.25, 0.3) is 0 Å². The molecule has 216 valence electrons. The average Bonchev–Trinajstić information content (AvgIpc) is 2.86. The minimum Gasteiger partial charge on any atom is -0.480 e. The summed E-state index contributed by atoms with van der Waals surface area (Å²) in [6, 6.07) is 10.1. The van der Waals surface area contributed by atoms with E-state index in [-0.39, 0.29) is 43.4 Å². The van der Waals surface area contributed by atoms with E-state index in [0.717, 1.165) is 12.1 Å². The number of carboxylic acids is 1. The second kappa shape index (κ2) is 16.2. The predicted octanol–water partition coefficient (Wildman–Crippen LogP) is 3.81. The normalized spacial score (nSPS) is 12.0. The number of ether oxygens (including phenoxy) is 2. The molecule has 0 spiro atoms. The number of alkyl halides is 3. The number of hydrogen-bond acceptors (Lipinski definition) is 9. The quantitative estimate of drug-likeness (QED) is 0.125. The summed E-state index contributed by atoms with van der Waals surface area (Å²) in [6.45, 7) is 3.32. The lowest BCUT2D eigenvalue weighted by atomic mass is 10.1. The van der Waals surface area contributed by atoms with Crippen LogP contribution in [-0.2, 0) is 25.2 Å². The summed E-state index contributed by atoms with van der Waals surface area (Å²) in [5.74, 6) is -2.09. The molecule has 2 aromatic rings. The van der Waals surface area contributed by atoms with Crippen molar-refractivity contribution in [1.82, 2.24) is 5.32 Å². The number of aliphatic hydroxyl groups is 1. The number of aliphatic hydroxyl groups excluding tert-OH is 1. The lowest BCUT2D eigenvalue weighted by Crippen LogP contribution is -2.48. The van der Waals surface area contributed by atoms with Gasteiger partial charge in [-0.2, -0.15) is 38.4 Å². The van der Waals surface area contributed by atoms with Crippen LogP contribution in [0.25, 0.3) is 0 Å². The van der Waals surface area contributed by atoms with Crippen LogP contribution in [0.2, 0.25) is 0 Å². The zero-order valence-electron chi connectivity index (χ0n) is 21.2. The number of esters is 1. The van der Waals surface area contributed by atoms with E-state index in [1.807, 2.05) is 0 Å². The molecule has 0 aliphatic rings. The maximum atomic E-state index is 12.8. The van der Waals surface area contributed by atoms with Crippen molar-refractivity contribution in [2.75, 3.05) is 37.5 Å². The highest BCUT2D eigenvalue weighted by molar-refractivity contribution is 7.82. The number of para-hydroxylation sites is 1. The molecule has 0 saturated carbocycles. The van der Waals surface area contributed by atoms with Gasteiger partial charge >= 0.3 is 18.1 Å². The topological polar surface area (TPSA) is 134 Å². The summed E-state index contributed by atoms with van der Waals surface area (Å²) in [5.41, 5.74) is -0.0740. The molecule has 0 saturated heterocycles. The number of carbonyl (C=O) groups excluding carboxylic acids is 2. The number of hydrogen-bond donors (Lipinski definition) is 6. The predicted molar refractivity (Wildman–Crippen MR) is 146 cm³/mol. The third-order valence-electron chi connectivity index (χ3n) is 4.65. The van der Waals surface area contributed by atoms with Crippen LogP contribution in [0.4, 0.5) is 24.5 Å². The van der Waals surface area contributed by atoms with E-state index >= 15 is 0 Å². The smallest absolute Gasteiger partial charge is 0.416 e. The fourth-order valence-electron chi connectivity index (χ4n) is 2.66. The van der Waals surface area contributed by atoms with Gasteiger partial charge in [-0.05, 0) is 44.2 Å². The molecule has 0 aliphatic carbocycles. The Morgan fingerprint density at radius 3 is 2.26 bits per heavy atom. The van der Waals surface area contributed by atoms with Crippen LogP contribution in [0.1, 0.15) is 29.8 Å². The van der Waals surface area contributed by atoms with Crippen LogP contribution >= 0.6 is 25.3 Å². The molecule has 4 N–H and O–H groups in total. The number of carboxylic acid groups (broad SMARTS) is 1. The fraction of sp³-hybridized carbons (Fsp3) is 0.400. The van der Waals surface area contributed by atoms with Gasteiger partial charge in [-0.25, -0.2) is 9.59 Å². The summed E-state index contributed by atoms with van der Waals surface area (Å²) in [6.07, 6.45) is -4.45. The Hall–Kier alpha value is -2.94.